The Morgan fingerprint density at radius 2 is 1.64 bits per heavy atom. The fourth-order valence-corrected chi connectivity index (χ4v) is 4.30. The summed E-state index contributed by atoms with van der Waals surface area (Å²) in [5.41, 5.74) is 3.67. The smallest absolute Gasteiger partial charge is 0.322 e. The van der Waals surface area contributed by atoms with E-state index in [4.69, 9.17) is 18.6 Å². The molecule has 2 aromatic carbocycles. The molecule has 0 bridgehead atoms. The van der Waals surface area contributed by atoms with Crippen molar-refractivity contribution >= 4 is 17.6 Å². The number of benzene rings is 2. The third-order valence-electron chi connectivity index (χ3n) is 6.50. The van der Waals surface area contributed by atoms with E-state index in [-0.39, 0.29) is 18.5 Å². The van der Waals surface area contributed by atoms with Crippen LogP contribution >= 0.6 is 0 Å². The number of para-hydroxylation sites is 1. The van der Waals surface area contributed by atoms with Gasteiger partial charge < -0.3 is 33.7 Å². The number of ether oxygens (including phenoxy) is 3. The molecule has 1 N–H and O–H groups in total. The van der Waals surface area contributed by atoms with Gasteiger partial charge in [-0.2, -0.15) is 0 Å². The number of nitrogens with one attached hydrogen (secondary N) is 1. The van der Waals surface area contributed by atoms with Crippen molar-refractivity contribution in [3.63, 3.8) is 0 Å². The van der Waals surface area contributed by atoms with Crippen LogP contribution in [-0.4, -0.2) is 69.3 Å². The number of nitrogens with zero attached hydrogens (tertiary/aromatic N) is 2. The van der Waals surface area contributed by atoms with Gasteiger partial charge in [-0.3, -0.25) is 4.79 Å². The zero-order chi connectivity index (χ0) is 28.2. The van der Waals surface area contributed by atoms with Crippen LogP contribution in [0, 0.1) is 13.8 Å². The first-order chi connectivity index (χ1) is 18.9. The quantitative estimate of drug-likeness (QED) is 0.289. The fraction of sp³-hybridized carbons (Fsp3) is 0.400. The van der Waals surface area contributed by atoms with Crippen molar-refractivity contribution in [2.24, 2.45) is 0 Å². The molecule has 0 fully saturated rings. The summed E-state index contributed by atoms with van der Waals surface area (Å²) >= 11 is 0. The lowest BCUT2D eigenvalue weighted by Crippen LogP contribution is -2.45. The Morgan fingerprint density at radius 3 is 2.28 bits per heavy atom. The topological polar surface area (TPSA) is 93.5 Å². The lowest BCUT2D eigenvalue weighted by Gasteiger charge is -2.28. The van der Waals surface area contributed by atoms with Crippen LogP contribution < -0.4 is 14.8 Å². The standard InChI is InChI=1S/C30H39N3O6/c1-22-9-6-10-23(2)29(22)31-30(35)33(15-8-17-36-3)21-28(34)32(20-25-11-7-18-39-25)16-14-24-12-13-26(37-4)27(19-24)38-5/h6-7,9-13,18-19H,8,14-17,20-21H2,1-5H3,(H,31,35). The first kappa shape index (κ1) is 29.6. The van der Waals surface area contributed by atoms with Crippen molar-refractivity contribution in [3.8, 4) is 11.5 Å². The molecule has 3 aromatic rings. The van der Waals surface area contributed by atoms with E-state index in [2.05, 4.69) is 5.32 Å². The van der Waals surface area contributed by atoms with E-state index >= 15 is 0 Å². The Hall–Kier alpha value is -3.98. The van der Waals surface area contributed by atoms with Crippen LogP contribution in [0.25, 0.3) is 0 Å². The van der Waals surface area contributed by atoms with E-state index in [0.29, 0.717) is 56.3 Å². The van der Waals surface area contributed by atoms with Gasteiger partial charge in [-0.1, -0.05) is 24.3 Å². The molecule has 210 valence electrons. The van der Waals surface area contributed by atoms with Crippen LogP contribution in [-0.2, 0) is 22.5 Å². The van der Waals surface area contributed by atoms with Gasteiger partial charge in [0.1, 0.15) is 12.3 Å². The summed E-state index contributed by atoms with van der Waals surface area (Å²) < 4.78 is 21.5. The molecular formula is C30H39N3O6. The molecule has 9 heteroatoms. The zero-order valence-electron chi connectivity index (χ0n) is 23.5. The third kappa shape index (κ3) is 8.51. The maximum Gasteiger partial charge on any atom is 0.322 e. The van der Waals surface area contributed by atoms with E-state index in [1.807, 2.05) is 56.3 Å². The molecule has 9 nitrogen and oxygen atoms in total. The van der Waals surface area contributed by atoms with Crippen molar-refractivity contribution in [2.75, 3.05) is 52.9 Å². The highest BCUT2D eigenvalue weighted by Crippen LogP contribution is 2.28. The third-order valence-corrected chi connectivity index (χ3v) is 6.50. The number of carbonyl (C=O) groups excluding carboxylic acids is 2. The highest BCUT2D eigenvalue weighted by molar-refractivity contribution is 5.93. The highest BCUT2D eigenvalue weighted by Gasteiger charge is 2.23. The number of rotatable bonds is 14. The van der Waals surface area contributed by atoms with Gasteiger partial charge in [-0.15, -0.1) is 0 Å². The fourth-order valence-electron chi connectivity index (χ4n) is 4.30. The molecular weight excluding hydrogens is 498 g/mol. The maximum absolute atomic E-state index is 13.6. The molecule has 3 rings (SSSR count). The van der Waals surface area contributed by atoms with Crippen molar-refractivity contribution in [3.05, 3.63) is 77.2 Å². The number of furan rings is 1. The number of carbonyl (C=O) groups is 2. The lowest BCUT2D eigenvalue weighted by atomic mass is 10.1. The Kier molecular flexibility index (Phi) is 11.2. The molecule has 0 unspecified atom stereocenters. The monoisotopic (exact) mass is 537 g/mol. The molecule has 1 aromatic heterocycles. The van der Waals surface area contributed by atoms with E-state index in [1.165, 1.54) is 0 Å². The Balaban J connectivity index is 1.76. The SMILES string of the molecule is COCCCN(CC(=O)N(CCc1ccc(OC)c(OC)c1)Cc1ccco1)C(=O)Nc1c(C)cccc1C. The van der Waals surface area contributed by atoms with Gasteiger partial charge in [0.25, 0.3) is 0 Å². The normalized spacial score (nSPS) is 10.7. The summed E-state index contributed by atoms with van der Waals surface area (Å²) in [5, 5.41) is 3.01. The van der Waals surface area contributed by atoms with Gasteiger partial charge in [0.2, 0.25) is 5.91 Å². The molecule has 39 heavy (non-hydrogen) atoms. The molecule has 0 aliphatic rings. The number of amides is 3. The van der Waals surface area contributed by atoms with Gasteiger partial charge in [-0.25, -0.2) is 4.79 Å². The molecule has 0 aliphatic heterocycles. The summed E-state index contributed by atoms with van der Waals surface area (Å²) in [4.78, 5) is 30.2. The maximum atomic E-state index is 13.6. The average Bonchev–Trinajstić information content (AvgIpc) is 3.45. The second kappa shape index (κ2) is 14.8. The van der Waals surface area contributed by atoms with Crippen molar-refractivity contribution < 1.29 is 28.2 Å². The van der Waals surface area contributed by atoms with Gasteiger partial charge >= 0.3 is 6.03 Å². The number of hydrogen-bond donors (Lipinski definition) is 1. The minimum atomic E-state index is -0.324. The molecule has 0 aliphatic carbocycles. The van der Waals surface area contributed by atoms with Crippen LogP contribution in [0.2, 0.25) is 0 Å². The van der Waals surface area contributed by atoms with Gasteiger partial charge in [0.15, 0.2) is 11.5 Å². The van der Waals surface area contributed by atoms with Gasteiger partial charge in [0, 0.05) is 32.5 Å². The highest BCUT2D eigenvalue weighted by atomic mass is 16.5. The summed E-state index contributed by atoms with van der Waals surface area (Å²) in [5.74, 6) is 1.76. The summed E-state index contributed by atoms with van der Waals surface area (Å²) in [6.07, 6.45) is 2.78. The molecule has 1 heterocycles. The first-order valence-electron chi connectivity index (χ1n) is 13.0. The number of hydrogen-bond acceptors (Lipinski definition) is 6. The van der Waals surface area contributed by atoms with Crippen molar-refractivity contribution in [1.82, 2.24) is 9.80 Å². The molecule has 0 atom stereocenters. The Labute approximate surface area is 230 Å². The number of anilines is 1. The number of methoxy groups -OCH3 is 3. The summed E-state index contributed by atoms with van der Waals surface area (Å²) in [7, 11) is 4.80. The van der Waals surface area contributed by atoms with Crippen LogP contribution in [0.4, 0.5) is 10.5 Å². The minimum absolute atomic E-state index is 0.0763. The average molecular weight is 538 g/mol. The van der Waals surface area contributed by atoms with Crippen LogP contribution in [0.3, 0.4) is 0 Å². The summed E-state index contributed by atoms with van der Waals surface area (Å²) in [6.45, 7) is 5.40. The second-order valence-electron chi connectivity index (χ2n) is 9.30. The van der Waals surface area contributed by atoms with Crippen LogP contribution in [0.5, 0.6) is 11.5 Å². The largest absolute Gasteiger partial charge is 0.493 e. The van der Waals surface area contributed by atoms with Crippen molar-refractivity contribution in [1.29, 1.82) is 0 Å². The Morgan fingerprint density at radius 1 is 0.897 bits per heavy atom. The molecule has 0 saturated carbocycles. The minimum Gasteiger partial charge on any atom is -0.493 e. The molecule has 3 amide bonds. The van der Waals surface area contributed by atoms with Crippen LogP contribution in [0.15, 0.2) is 59.2 Å². The van der Waals surface area contributed by atoms with Gasteiger partial charge in [0.05, 0.1) is 27.0 Å². The number of urea groups is 1. The second-order valence-corrected chi connectivity index (χ2v) is 9.30. The Bertz CT molecular complexity index is 1190. The zero-order valence-corrected chi connectivity index (χ0v) is 23.5. The first-order valence-corrected chi connectivity index (χ1v) is 13.0. The predicted octanol–water partition coefficient (Wildman–Crippen LogP) is 5.06. The van der Waals surface area contributed by atoms with Crippen LogP contribution in [0.1, 0.15) is 28.9 Å². The van der Waals surface area contributed by atoms with Crippen molar-refractivity contribution in [2.45, 2.75) is 33.2 Å². The number of aryl methyl sites for hydroxylation is 2. The molecule has 0 saturated heterocycles. The van der Waals surface area contributed by atoms with E-state index < -0.39 is 0 Å². The predicted molar refractivity (Wildman–Crippen MR) is 150 cm³/mol. The van der Waals surface area contributed by atoms with E-state index in [1.54, 1.807) is 43.5 Å². The van der Waals surface area contributed by atoms with E-state index in [0.717, 1.165) is 22.4 Å². The van der Waals surface area contributed by atoms with Gasteiger partial charge in [-0.05, 0) is 67.6 Å². The summed E-state index contributed by atoms with van der Waals surface area (Å²) in [6, 6.07) is 14.9. The van der Waals surface area contributed by atoms with E-state index in [9.17, 15) is 9.59 Å². The molecule has 0 spiro atoms. The molecule has 0 radical (unpaired) electrons. The lowest BCUT2D eigenvalue weighted by molar-refractivity contribution is -0.132.